The molecule has 0 aliphatic carbocycles. The van der Waals surface area contributed by atoms with Crippen LogP contribution in [0.1, 0.15) is 13.8 Å². The molecule has 0 aromatic heterocycles. The fraction of sp³-hybridized carbons (Fsp3) is 0.800. The van der Waals surface area contributed by atoms with Crippen LogP contribution < -0.4 is 0 Å². The fourth-order valence-electron chi connectivity index (χ4n) is 0.277. The van der Waals surface area contributed by atoms with Crippen LogP contribution in [0.2, 0.25) is 0 Å². The summed E-state index contributed by atoms with van der Waals surface area (Å²) < 4.78 is 19.6. The van der Waals surface area contributed by atoms with E-state index >= 15 is 0 Å². The Balaban J connectivity index is 0. The molecule has 0 unspecified atom stereocenters. The van der Waals surface area contributed by atoms with Crippen LogP contribution in [-0.4, -0.2) is 13.2 Å². The van der Waals surface area contributed by atoms with Gasteiger partial charge in [0.2, 0.25) is 0 Å². The minimum Gasteiger partial charge on any atom is -0.311 e. The number of hydrogen-bond acceptors (Lipinski definition) is 4. The van der Waals surface area contributed by atoms with Gasteiger partial charge in [-0.3, -0.25) is 4.57 Å². The predicted octanol–water partition coefficient (Wildman–Crippen LogP) is 1.59. The van der Waals surface area contributed by atoms with Gasteiger partial charge in [-0.1, -0.05) is 0 Å². The minimum absolute atomic E-state index is 0.456. The summed E-state index contributed by atoms with van der Waals surface area (Å²) in [6.45, 7) is 7.97. The van der Waals surface area contributed by atoms with E-state index in [1.165, 1.54) is 0 Å². The zero-order valence-corrected chi connectivity index (χ0v) is 7.16. The third-order valence-electron chi connectivity index (χ3n) is 0.524. The van der Waals surface area contributed by atoms with Crippen molar-refractivity contribution in [2.24, 2.45) is 0 Å². The first-order chi connectivity index (χ1) is 4.81. The number of rotatable bonds is 4. The molecule has 5 heteroatoms. The summed E-state index contributed by atoms with van der Waals surface area (Å²) in [5.74, 6) is 0. The van der Waals surface area contributed by atoms with Gasteiger partial charge in [-0.2, -0.15) is 0 Å². The van der Waals surface area contributed by atoms with Crippen LogP contribution in [0.5, 0.6) is 0 Å². The van der Waals surface area contributed by atoms with Gasteiger partial charge in [0.05, 0.1) is 13.2 Å². The normalized spacial score (nSPS) is 8.50. The molecule has 0 heterocycles. The molecule has 0 radical (unpaired) electrons. The summed E-state index contributed by atoms with van der Waals surface area (Å²) in [5.41, 5.74) is 0. The van der Waals surface area contributed by atoms with Crippen LogP contribution in [-0.2, 0) is 13.6 Å². The Morgan fingerprint density at radius 3 is 1.80 bits per heavy atom. The minimum atomic E-state index is -2.14. The SMILES string of the molecule is C#N.CCO[PH](=O)OCC. The Kier molecular flexibility index (Phi) is 14.1. The van der Waals surface area contributed by atoms with E-state index in [0.29, 0.717) is 13.2 Å². The molecule has 0 saturated heterocycles. The summed E-state index contributed by atoms with van der Waals surface area (Å²) >= 11 is 0. The number of nitrogens with zero attached hydrogens (tertiary/aromatic N) is 1. The van der Waals surface area contributed by atoms with Crippen molar-refractivity contribution >= 4 is 8.25 Å². The van der Waals surface area contributed by atoms with Gasteiger partial charge >= 0.3 is 8.25 Å². The molecule has 0 aliphatic rings. The second kappa shape index (κ2) is 11.4. The van der Waals surface area contributed by atoms with Crippen LogP contribution >= 0.6 is 8.25 Å². The quantitative estimate of drug-likeness (QED) is 0.593. The van der Waals surface area contributed by atoms with Crippen molar-refractivity contribution in [3.8, 4) is 6.57 Å². The molecule has 0 rings (SSSR count). The molecule has 0 fully saturated rings. The lowest BCUT2D eigenvalue weighted by Gasteiger charge is -1.97. The van der Waals surface area contributed by atoms with Crippen LogP contribution in [0.4, 0.5) is 0 Å². The van der Waals surface area contributed by atoms with Crippen molar-refractivity contribution < 1.29 is 13.6 Å². The van der Waals surface area contributed by atoms with Gasteiger partial charge in [-0.05, 0) is 13.8 Å². The first kappa shape index (κ1) is 12.3. The van der Waals surface area contributed by atoms with E-state index in [0.717, 1.165) is 0 Å². The van der Waals surface area contributed by atoms with Gasteiger partial charge < -0.3 is 9.05 Å². The lowest BCUT2D eigenvalue weighted by molar-refractivity contribution is 0.243. The zero-order valence-electron chi connectivity index (χ0n) is 6.16. The monoisotopic (exact) mass is 165 g/mol. The van der Waals surface area contributed by atoms with E-state index in [9.17, 15) is 4.57 Å². The van der Waals surface area contributed by atoms with E-state index in [1.54, 1.807) is 13.8 Å². The molecule has 0 saturated carbocycles. The maximum Gasteiger partial charge on any atom is 0.319 e. The average molecular weight is 165 g/mol. The van der Waals surface area contributed by atoms with Crippen molar-refractivity contribution in [3.63, 3.8) is 0 Å². The first-order valence-electron chi connectivity index (χ1n) is 2.86. The van der Waals surface area contributed by atoms with Gasteiger partial charge in [-0.25, -0.2) is 5.26 Å². The summed E-state index contributed by atoms with van der Waals surface area (Å²) in [4.78, 5) is 0. The van der Waals surface area contributed by atoms with E-state index in [2.05, 4.69) is 15.6 Å². The van der Waals surface area contributed by atoms with Crippen molar-refractivity contribution in [1.29, 1.82) is 5.26 Å². The first-order valence-corrected chi connectivity index (χ1v) is 4.09. The summed E-state index contributed by atoms with van der Waals surface area (Å²) in [7, 11) is -2.14. The summed E-state index contributed by atoms with van der Waals surface area (Å²) in [5, 5.41) is 6.50. The smallest absolute Gasteiger partial charge is 0.311 e. The van der Waals surface area contributed by atoms with Crippen molar-refractivity contribution in [2.75, 3.05) is 13.2 Å². The largest absolute Gasteiger partial charge is 0.319 e. The maximum absolute atomic E-state index is 10.4. The molecular weight excluding hydrogens is 153 g/mol. The molecule has 0 N–H and O–H groups in total. The maximum atomic E-state index is 10.4. The molecule has 0 spiro atoms. The molecule has 0 aromatic rings. The fourth-order valence-corrected chi connectivity index (χ4v) is 0.832. The standard InChI is InChI=1S/C4H11O3P.CHN/c1-3-6-8(5)7-4-2;1-2/h8H,3-4H2,1-2H3;1H. The molecule has 0 atom stereocenters. The Hall–Kier alpha value is -0.360. The average Bonchev–Trinajstić information content (AvgIpc) is 1.93. The highest BCUT2D eigenvalue weighted by Crippen LogP contribution is 2.21. The Morgan fingerprint density at radius 2 is 1.60 bits per heavy atom. The van der Waals surface area contributed by atoms with E-state index in [-0.39, 0.29) is 0 Å². The van der Waals surface area contributed by atoms with Crippen molar-refractivity contribution in [3.05, 3.63) is 0 Å². The summed E-state index contributed by atoms with van der Waals surface area (Å²) in [6, 6.07) is 0. The predicted molar refractivity (Wildman–Crippen MR) is 38.9 cm³/mol. The number of nitriles is 1. The van der Waals surface area contributed by atoms with Crippen LogP contribution in [0, 0.1) is 11.8 Å². The van der Waals surface area contributed by atoms with E-state index in [4.69, 9.17) is 5.26 Å². The zero-order chi connectivity index (χ0) is 8.41. The molecule has 0 aliphatic heterocycles. The Labute approximate surface area is 61.7 Å². The highest BCUT2D eigenvalue weighted by Gasteiger charge is 1.91. The van der Waals surface area contributed by atoms with Crippen LogP contribution in [0.15, 0.2) is 0 Å². The molecule has 10 heavy (non-hydrogen) atoms. The van der Waals surface area contributed by atoms with E-state index in [1.807, 2.05) is 0 Å². The van der Waals surface area contributed by atoms with Gasteiger partial charge in [0.25, 0.3) is 0 Å². The third kappa shape index (κ3) is 10.6. The molecular formula is C5H12NO3P. The van der Waals surface area contributed by atoms with Crippen LogP contribution in [0.3, 0.4) is 0 Å². The molecule has 0 amide bonds. The molecule has 60 valence electrons. The van der Waals surface area contributed by atoms with Gasteiger partial charge in [-0.15, -0.1) is 0 Å². The van der Waals surface area contributed by atoms with Gasteiger partial charge in [0.15, 0.2) is 0 Å². The lowest BCUT2D eigenvalue weighted by Crippen LogP contribution is -1.81. The van der Waals surface area contributed by atoms with Crippen LogP contribution in [0.25, 0.3) is 0 Å². The van der Waals surface area contributed by atoms with E-state index < -0.39 is 8.25 Å². The third-order valence-corrected chi connectivity index (χ3v) is 1.57. The second-order valence-electron chi connectivity index (χ2n) is 1.12. The molecule has 0 bridgehead atoms. The highest BCUT2D eigenvalue weighted by molar-refractivity contribution is 7.33. The van der Waals surface area contributed by atoms with Gasteiger partial charge in [0, 0.05) is 6.57 Å². The van der Waals surface area contributed by atoms with Crippen molar-refractivity contribution in [1.82, 2.24) is 0 Å². The molecule has 0 aromatic carbocycles. The van der Waals surface area contributed by atoms with Gasteiger partial charge in [0.1, 0.15) is 0 Å². The summed E-state index contributed by atoms with van der Waals surface area (Å²) in [6.07, 6.45) is 0. The second-order valence-corrected chi connectivity index (χ2v) is 2.19. The molecule has 4 nitrogen and oxygen atoms in total. The Morgan fingerprint density at radius 1 is 1.30 bits per heavy atom. The highest BCUT2D eigenvalue weighted by atomic mass is 31.1. The lowest BCUT2D eigenvalue weighted by atomic mass is 10.9. The van der Waals surface area contributed by atoms with Crippen molar-refractivity contribution in [2.45, 2.75) is 13.8 Å². The Bertz CT molecular complexity index is 96.3. The topological polar surface area (TPSA) is 59.3 Å². The number of hydrogen-bond donors (Lipinski definition) is 0.